The smallest absolute Gasteiger partial charge is 0.282 e. The van der Waals surface area contributed by atoms with Gasteiger partial charge in [-0.15, -0.1) is 0 Å². The van der Waals surface area contributed by atoms with Gasteiger partial charge in [0.05, 0.1) is 5.69 Å². The first kappa shape index (κ1) is 18.1. The number of H-pyrrole nitrogens is 1. The lowest BCUT2D eigenvalue weighted by molar-refractivity contribution is 0.0688. The average molecular weight is 389 g/mol. The number of hydrogen-bond donors (Lipinski definition) is 1. The fourth-order valence-electron chi connectivity index (χ4n) is 3.56. The number of hydrogen-bond acceptors (Lipinski definition) is 4. The minimum atomic E-state index is -3.40. The monoisotopic (exact) mass is 389 g/mol. The maximum atomic E-state index is 12.7. The number of carbonyl (C=O) groups excluding carboxylic acids is 1. The minimum Gasteiger partial charge on any atom is -0.335 e. The molecule has 27 heavy (non-hydrogen) atoms. The number of rotatable bonds is 4. The van der Waals surface area contributed by atoms with E-state index >= 15 is 0 Å². The first-order chi connectivity index (χ1) is 13.1. The van der Waals surface area contributed by atoms with Crippen LogP contribution in [0, 0.1) is 0 Å². The van der Waals surface area contributed by atoms with Crippen molar-refractivity contribution in [3.63, 3.8) is 0 Å². The van der Waals surface area contributed by atoms with Gasteiger partial charge >= 0.3 is 0 Å². The van der Waals surface area contributed by atoms with Crippen LogP contribution in [0.5, 0.6) is 0 Å². The molecule has 1 aromatic heterocycles. The second-order valence-electron chi connectivity index (χ2n) is 6.84. The van der Waals surface area contributed by atoms with E-state index in [9.17, 15) is 13.2 Å². The van der Waals surface area contributed by atoms with Crippen molar-refractivity contribution >= 4 is 16.1 Å². The van der Waals surface area contributed by atoms with Crippen LogP contribution in [0.4, 0.5) is 0 Å². The summed E-state index contributed by atoms with van der Waals surface area (Å²) in [5.41, 5.74) is 2.08. The highest BCUT2D eigenvalue weighted by Gasteiger charge is 2.35. The lowest BCUT2D eigenvalue weighted by Crippen LogP contribution is -2.53. The first-order valence-electron chi connectivity index (χ1n) is 9.21. The van der Waals surface area contributed by atoms with Crippen LogP contribution < -0.4 is 0 Å². The number of amides is 1. The number of nitrogens with one attached hydrogen (secondary N) is 1. The van der Waals surface area contributed by atoms with Gasteiger partial charge in [-0.1, -0.05) is 30.3 Å². The lowest BCUT2D eigenvalue weighted by atomic mass is 10.1. The van der Waals surface area contributed by atoms with E-state index in [2.05, 4.69) is 10.2 Å². The van der Waals surface area contributed by atoms with Gasteiger partial charge in [0.25, 0.3) is 16.1 Å². The molecular formula is C18H23N5O3S. The molecule has 3 heterocycles. The summed E-state index contributed by atoms with van der Waals surface area (Å²) in [5, 5.41) is 7.03. The third-order valence-electron chi connectivity index (χ3n) is 5.12. The molecule has 9 heteroatoms. The van der Waals surface area contributed by atoms with E-state index in [0.29, 0.717) is 50.7 Å². The quantitative estimate of drug-likeness (QED) is 0.850. The molecule has 0 atom stereocenters. The summed E-state index contributed by atoms with van der Waals surface area (Å²) in [5.74, 6) is -0.150. The van der Waals surface area contributed by atoms with Crippen molar-refractivity contribution < 1.29 is 13.2 Å². The van der Waals surface area contributed by atoms with Gasteiger partial charge in [-0.2, -0.15) is 22.1 Å². The first-order valence-corrected chi connectivity index (χ1v) is 10.6. The molecule has 2 aliphatic heterocycles. The number of carbonyl (C=O) groups is 1. The largest absolute Gasteiger partial charge is 0.335 e. The Hall–Kier alpha value is -2.23. The second-order valence-corrected chi connectivity index (χ2v) is 8.77. The molecule has 1 N–H and O–H groups in total. The van der Waals surface area contributed by atoms with Crippen molar-refractivity contribution in [2.24, 2.45) is 0 Å². The van der Waals surface area contributed by atoms with E-state index < -0.39 is 10.2 Å². The van der Waals surface area contributed by atoms with Crippen LogP contribution in [0.3, 0.4) is 0 Å². The van der Waals surface area contributed by atoms with Gasteiger partial charge < -0.3 is 4.90 Å². The van der Waals surface area contributed by atoms with Crippen LogP contribution in [0.1, 0.15) is 23.3 Å². The predicted molar refractivity (Wildman–Crippen MR) is 101 cm³/mol. The van der Waals surface area contributed by atoms with E-state index in [4.69, 9.17) is 0 Å². The highest BCUT2D eigenvalue weighted by molar-refractivity contribution is 7.86. The normalized spacial score (nSPS) is 19.5. The average Bonchev–Trinajstić information content (AvgIpc) is 3.41. The molecule has 2 fully saturated rings. The summed E-state index contributed by atoms with van der Waals surface area (Å²) in [6.07, 6.45) is 1.84. The molecule has 4 rings (SSSR count). The lowest BCUT2D eigenvalue weighted by Gasteiger charge is -2.35. The molecule has 0 spiro atoms. The van der Waals surface area contributed by atoms with Gasteiger partial charge in [0, 0.05) is 44.8 Å². The van der Waals surface area contributed by atoms with Crippen LogP contribution in [-0.4, -0.2) is 77.3 Å². The summed E-state index contributed by atoms with van der Waals surface area (Å²) in [6, 6.07) is 11.4. The molecule has 0 aliphatic carbocycles. The predicted octanol–water partition coefficient (Wildman–Crippen LogP) is 1.18. The number of aromatic amines is 1. The second kappa shape index (κ2) is 7.41. The zero-order valence-corrected chi connectivity index (χ0v) is 15.9. The molecule has 0 unspecified atom stereocenters. The van der Waals surface area contributed by atoms with Gasteiger partial charge in [0.2, 0.25) is 0 Å². The summed E-state index contributed by atoms with van der Waals surface area (Å²) >= 11 is 0. The van der Waals surface area contributed by atoms with Crippen molar-refractivity contribution in [1.29, 1.82) is 0 Å². The van der Waals surface area contributed by atoms with Gasteiger partial charge in [-0.25, -0.2) is 0 Å². The van der Waals surface area contributed by atoms with Gasteiger partial charge in [-0.05, 0) is 18.9 Å². The van der Waals surface area contributed by atoms with E-state index in [1.165, 1.54) is 4.31 Å². The highest BCUT2D eigenvalue weighted by atomic mass is 32.2. The van der Waals surface area contributed by atoms with Crippen molar-refractivity contribution in [2.75, 3.05) is 39.3 Å². The van der Waals surface area contributed by atoms with Gasteiger partial charge in [0.15, 0.2) is 0 Å². The molecule has 2 saturated heterocycles. The Balaban J connectivity index is 1.40. The van der Waals surface area contributed by atoms with Crippen LogP contribution in [0.15, 0.2) is 36.4 Å². The van der Waals surface area contributed by atoms with E-state index in [1.54, 1.807) is 15.3 Å². The molecule has 1 aromatic carbocycles. The van der Waals surface area contributed by atoms with Crippen LogP contribution in [-0.2, 0) is 10.2 Å². The number of benzene rings is 1. The van der Waals surface area contributed by atoms with E-state index in [0.717, 1.165) is 18.4 Å². The molecule has 2 aliphatic rings. The van der Waals surface area contributed by atoms with Gasteiger partial charge in [-0.3, -0.25) is 9.89 Å². The topological polar surface area (TPSA) is 89.6 Å². The van der Waals surface area contributed by atoms with E-state index in [1.807, 2.05) is 30.3 Å². The van der Waals surface area contributed by atoms with Crippen LogP contribution in [0.25, 0.3) is 11.3 Å². The van der Waals surface area contributed by atoms with Crippen LogP contribution >= 0.6 is 0 Å². The van der Waals surface area contributed by atoms with Crippen molar-refractivity contribution in [2.45, 2.75) is 12.8 Å². The minimum absolute atomic E-state index is 0.150. The van der Waals surface area contributed by atoms with Crippen molar-refractivity contribution in [3.05, 3.63) is 42.1 Å². The maximum absolute atomic E-state index is 12.7. The summed E-state index contributed by atoms with van der Waals surface area (Å²) < 4.78 is 28.3. The molecule has 0 radical (unpaired) electrons. The Bertz CT molecular complexity index is 898. The Kier molecular flexibility index (Phi) is 4.98. The Labute approximate surface area is 158 Å². The fourth-order valence-corrected chi connectivity index (χ4v) is 5.23. The Morgan fingerprint density at radius 2 is 1.56 bits per heavy atom. The third kappa shape index (κ3) is 3.62. The molecular weight excluding hydrogens is 366 g/mol. The van der Waals surface area contributed by atoms with Gasteiger partial charge in [0.1, 0.15) is 5.69 Å². The SMILES string of the molecule is O=C(c1cc(-c2ccccc2)n[nH]1)N1CCN(S(=O)(=O)N2CCCC2)CC1. The number of piperazine rings is 1. The Morgan fingerprint density at radius 3 is 2.22 bits per heavy atom. The van der Waals surface area contributed by atoms with Crippen molar-refractivity contribution in [1.82, 2.24) is 23.7 Å². The highest BCUT2D eigenvalue weighted by Crippen LogP contribution is 2.20. The maximum Gasteiger partial charge on any atom is 0.282 e. The van der Waals surface area contributed by atoms with Crippen LogP contribution in [0.2, 0.25) is 0 Å². The number of nitrogens with zero attached hydrogens (tertiary/aromatic N) is 4. The zero-order chi connectivity index (χ0) is 18.9. The third-order valence-corrected chi connectivity index (χ3v) is 7.16. The Morgan fingerprint density at radius 1 is 0.926 bits per heavy atom. The molecule has 144 valence electrons. The molecule has 1 amide bonds. The van der Waals surface area contributed by atoms with E-state index in [-0.39, 0.29) is 5.91 Å². The molecule has 8 nitrogen and oxygen atoms in total. The van der Waals surface area contributed by atoms with Crippen molar-refractivity contribution in [3.8, 4) is 11.3 Å². The molecule has 2 aromatic rings. The molecule has 0 bridgehead atoms. The zero-order valence-electron chi connectivity index (χ0n) is 15.0. The summed E-state index contributed by atoms with van der Waals surface area (Å²) in [4.78, 5) is 14.4. The molecule has 0 saturated carbocycles. The summed E-state index contributed by atoms with van der Waals surface area (Å²) in [7, 11) is -3.40. The number of aromatic nitrogens is 2. The standard InChI is InChI=1S/C18H23N5O3S/c24-18(17-14-16(19-20-17)15-6-2-1-3-7-15)21-10-12-23(13-11-21)27(25,26)22-8-4-5-9-22/h1-3,6-7,14H,4-5,8-13H2,(H,19,20). The fraction of sp³-hybridized carbons (Fsp3) is 0.444. The summed E-state index contributed by atoms with van der Waals surface area (Å²) in [6.45, 7) is 2.60.